The maximum absolute atomic E-state index is 6.13. The molecule has 0 amide bonds. The van der Waals surface area contributed by atoms with E-state index < -0.39 is 0 Å². The van der Waals surface area contributed by atoms with E-state index >= 15 is 0 Å². The Kier molecular flexibility index (Phi) is 3.89. The molecule has 3 aromatic carbocycles. The van der Waals surface area contributed by atoms with Gasteiger partial charge in [0.2, 0.25) is 5.89 Å². The molecule has 0 aliphatic rings. The molecule has 0 bridgehead atoms. The second-order valence-corrected chi connectivity index (χ2v) is 5.87. The number of hydrogen-bond donors (Lipinski definition) is 0. The second kappa shape index (κ2) is 6.34. The summed E-state index contributed by atoms with van der Waals surface area (Å²) in [6.07, 6.45) is 0. The summed E-state index contributed by atoms with van der Waals surface area (Å²) in [5.74, 6) is 1.36. The van der Waals surface area contributed by atoms with Gasteiger partial charge >= 0.3 is 0 Å². The van der Waals surface area contributed by atoms with Gasteiger partial charge in [-0.3, -0.25) is 0 Å². The second-order valence-electron chi connectivity index (χ2n) is 5.44. The third kappa shape index (κ3) is 2.84. The molecular formula is C21H14ClNO. The Labute approximate surface area is 145 Å². The van der Waals surface area contributed by atoms with Gasteiger partial charge in [-0.25, -0.2) is 4.98 Å². The number of halogens is 1. The predicted octanol–water partition coefficient (Wildman–Crippen LogP) is 6.33. The number of hydrogen-bond acceptors (Lipinski definition) is 2. The van der Waals surface area contributed by atoms with Crippen LogP contribution >= 0.6 is 11.6 Å². The summed E-state index contributed by atoms with van der Waals surface area (Å²) in [4.78, 5) is 4.75. The molecular weight excluding hydrogens is 318 g/mol. The summed E-state index contributed by atoms with van der Waals surface area (Å²) in [6.45, 7) is 0. The van der Waals surface area contributed by atoms with Crippen molar-refractivity contribution in [3.8, 4) is 34.0 Å². The van der Waals surface area contributed by atoms with Crippen LogP contribution in [0.1, 0.15) is 0 Å². The van der Waals surface area contributed by atoms with Gasteiger partial charge in [-0.1, -0.05) is 60.1 Å². The average Bonchev–Trinajstić information content (AvgIpc) is 3.09. The molecule has 0 aliphatic heterocycles. The van der Waals surface area contributed by atoms with E-state index in [-0.39, 0.29) is 0 Å². The van der Waals surface area contributed by atoms with Crippen LogP contribution in [-0.2, 0) is 0 Å². The molecule has 0 atom stereocenters. The first-order valence-corrected chi connectivity index (χ1v) is 8.07. The van der Waals surface area contributed by atoms with Crippen LogP contribution in [0.25, 0.3) is 34.0 Å². The van der Waals surface area contributed by atoms with E-state index in [0.717, 1.165) is 28.1 Å². The monoisotopic (exact) mass is 331 g/mol. The standard InChI is InChI=1S/C21H14ClNO/c22-18-13-11-16(12-14-18)20-19(15-7-3-1-4-8-15)23-21(24-20)17-9-5-2-6-10-17/h1-14H. The van der Waals surface area contributed by atoms with Crippen LogP contribution in [0.4, 0.5) is 0 Å². The minimum atomic E-state index is 0.611. The van der Waals surface area contributed by atoms with Crippen molar-refractivity contribution >= 4 is 11.6 Å². The Bertz CT molecular complexity index is 944. The van der Waals surface area contributed by atoms with Crippen LogP contribution in [0, 0.1) is 0 Å². The van der Waals surface area contributed by atoms with E-state index in [4.69, 9.17) is 21.0 Å². The van der Waals surface area contributed by atoms with Crippen LogP contribution in [0.2, 0.25) is 5.02 Å². The van der Waals surface area contributed by atoms with Crippen LogP contribution in [0.5, 0.6) is 0 Å². The zero-order valence-corrected chi connectivity index (χ0v) is 13.6. The van der Waals surface area contributed by atoms with Crippen molar-refractivity contribution in [3.05, 3.63) is 90.0 Å². The Morgan fingerprint density at radius 2 is 1.21 bits per heavy atom. The van der Waals surface area contributed by atoms with E-state index in [2.05, 4.69) is 0 Å². The third-order valence-electron chi connectivity index (χ3n) is 3.80. The van der Waals surface area contributed by atoms with Crippen LogP contribution in [0.15, 0.2) is 89.3 Å². The van der Waals surface area contributed by atoms with Gasteiger partial charge in [-0.05, 0) is 36.4 Å². The molecule has 1 aromatic heterocycles. The summed E-state index contributed by atoms with van der Waals surface area (Å²) < 4.78 is 6.13. The highest BCUT2D eigenvalue weighted by Gasteiger charge is 2.17. The van der Waals surface area contributed by atoms with Gasteiger partial charge < -0.3 is 4.42 Å². The highest BCUT2D eigenvalue weighted by atomic mass is 35.5. The molecule has 4 rings (SSSR count). The fourth-order valence-corrected chi connectivity index (χ4v) is 2.74. The van der Waals surface area contributed by atoms with Gasteiger partial charge in [0.25, 0.3) is 0 Å². The molecule has 2 nitrogen and oxygen atoms in total. The van der Waals surface area contributed by atoms with Crippen molar-refractivity contribution < 1.29 is 4.42 Å². The lowest BCUT2D eigenvalue weighted by atomic mass is 10.1. The highest BCUT2D eigenvalue weighted by Crippen LogP contribution is 2.36. The van der Waals surface area contributed by atoms with Crippen molar-refractivity contribution in [2.75, 3.05) is 0 Å². The maximum atomic E-state index is 6.13. The minimum absolute atomic E-state index is 0.611. The van der Waals surface area contributed by atoms with E-state index in [1.54, 1.807) is 0 Å². The van der Waals surface area contributed by atoms with Gasteiger partial charge in [0, 0.05) is 21.7 Å². The largest absolute Gasteiger partial charge is 0.435 e. The Hall–Kier alpha value is -2.84. The first kappa shape index (κ1) is 14.7. The summed E-state index contributed by atoms with van der Waals surface area (Å²) >= 11 is 6.01. The molecule has 0 unspecified atom stereocenters. The van der Waals surface area contributed by atoms with Gasteiger partial charge in [0.05, 0.1) is 0 Å². The zero-order chi connectivity index (χ0) is 16.4. The number of oxazole rings is 1. The average molecular weight is 332 g/mol. The van der Waals surface area contributed by atoms with Crippen LogP contribution in [-0.4, -0.2) is 4.98 Å². The quantitative estimate of drug-likeness (QED) is 0.438. The van der Waals surface area contributed by atoms with Crippen molar-refractivity contribution in [2.24, 2.45) is 0 Å². The Morgan fingerprint density at radius 1 is 0.625 bits per heavy atom. The van der Waals surface area contributed by atoms with Gasteiger partial charge in [0.15, 0.2) is 5.76 Å². The van der Waals surface area contributed by atoms with E-state index in [1.165, 1.54) is 0 Å². The number of rotatable bonds is 3. The summed E-state index contributed by atoms with van der Waals surface area (Å²) in [5.41, 5.74) is 3.76. The number of aromatic nitrogens is 1. The lowest BCUT2D eigenvalue weighted by Crippen LogP contribution is -1.82. The SMILES string of the molecule is Clc1ccc(-c2oc(-c3ccccc3)nc2-c2ccccc2)cc1. The predicted molar refractivity (Wildman–Crippen MR) is 97.8 cm³/mol. The lowest BCUT2D eigenvalue weighted by molar-refractivity contribution is 0.589. The zero-order valence-electron chi connectivity index (χ0n) is 12.8. The summed E-state index contributed by atoms with van der Waals surface area (Å²) in [6, 6.07) is 27.6. The summed E-state index contributed by atoms with van der Waals surface area (Å²) in [5, 5.41) is 0.697. The first-order chi connectivity index (χ1) is 11.8. The number of nitrogens with zero attached hydrogens (tertiary/aromatic N) is 1. The summed E-state index contributed by atoms with van der Waals surface area (Å²) in [7, 11) is 0. The van der Waals surface area contributed by atoms with Crippen LogP contribution in [0.3, 0.4) is 0 Å². The molecule has 1 heterocycles. The molecule has 116 valence electrons. The Morgan fingerprint density at radius 3 is 1.83 bits per heavy atom. The molecule has 0 fully saturated rings. The van der Waals surface area contributed by atoms with E-state index in [0.29, 0.717) is 10.9 Å². The fourth-order valence-electron chi connectivity index (χ4n) is 2.61. The first-order valence-electron chi connectivity index (χ1n) is 7.69. The molecule has 4 aromatic rings. The topological polar surface area (TPSA) is 26.0 Å². The smallest absolute Gasteiger partial charge is 0.227 e. The molecule has 0 spiro atoms. The van der Waals surface area contributed by atoms with Crippen molar-refractivity contribution in [1.82, 2.24) is 4.98 Å². The third-order valence-corrected chi connectivity index (χ3v) is 4.05. The molecule has 0 aliphatic carbocycles. The van der Waals surface area contributed by atoms with E-state index in [1.807, 2.05) is 84.9 Å². The fraction of sp³-hybridized carbons (Fsp3) is 0. The molecule has 0 N–H and O–H groups in total. The molecule has 0 radical (unpaired) electrons. The normalized spacial score (nSPS) is 10.7. The number of benzene rings is 3. The van der Waals surface area contributed by atoms with Gasteiger partial charge in [-0.2, -0.15) is 0 Å². The molecule has 0 saturated carbocycles. The van der Waals surface area contributed by atoms with Gasteiger partial charge in [-0.15, -0.1) is 0 Å². The van der Waals surface area contributed by atoms with Crippen molar-refractivity contribution in [2.45, 2.75) is 0 Å². The van der Waals surface area contributed by atoms with Crippen molar-refractivity contribution in [3.63, 3.8) is 0 Å². The lowest BCUT2D eigenvalue weighted by Gasteiger charge is -2.01. The Balaban J connectivity index is 1.90. The van der Waals surface area contributed by atoms with E-state index in [9.17, 15) is 0 Å². The van der Waals surface area contributed by atoms with Crippen LogP contribution < -0.4 is 0 Å². The van der Waals surface area contributed by atoms with Gasteiger partial charge in [0.1, 0.15) is 5.69 Å². The molecule has 3 heteroatoms. The van der Waals surface area contributed by atoms with Crippen molar-refractivity contribution in [1.29, 1.82) is 0 Å². The maximum Gasteiger partial charge on any atom is 0.227 e. The minimum Gasteiger partial charge on any atom is -0.435 e. The molecule has 0 saturated heterocycles. The molecule has 24 heavy (non-hydrogen) atoms. The highest BCUT2D eigenvalue weighted by molar-refractivity contribution is 6.30.